The lowest BCUT2D eigenvalue weighted by molar-refractivity contribution is 0.00558. The van der Waals surface area contributed by atoms with E-state index >= 15 is 0 Å². The van der Waals surface area contributed by atoms with Crippen LogP contribution in [0.2, 0.25) is 0 Å². The molecular weight excluding hydrogens is 238 g/mol. The normalized spacial score (nSPS) is 31.1. The first-order valence-corrected chi connectivity index (χ1v) is 8.07. The van der Waals surface area contributed by atoms with E-state index in [1.807, 2.05) is 7.11 Å². The third-order valence-corrected chi connectivity index (χ3v) is 4.96. The maximum Gasteiger partial charge on any atom is 0.0630 e. The summed E-state index contributed by atoms with van der Waals surface area (Å²) in [5.74, 6) is 0. The van der Waals surface area contributed by atoms with Gasteiger partial charge in [-0.1, -0.05) is 6.42 Å². The minimum absolute atomic E-state index is 0.565. The van der Waals surface area contributed by atoms with Gasteiger partial charge in [-0.2, -0.15) is 0 Å². The Hall–Kier alpha value is -0.160. The SMILES string of the molecule is COCC(CNC1CC1)N1CCN2CCCCC2C1. The largest absolute Gasteiger partial charge is 0.383 e. The van der Waals surface area contributed by atoms with Crippen LogP contribution in [0.3, 0.4) is 0 Å². The second-order valence-corrected chi connectivity index (χ2v) is 6.47. The summed E-state index contributed by atoms with van der Waals surface area (Å²) in [5.41, 5.74) is 0. The molecule has 0 amide bonds. The highest BCUT2D eigenvalue weighted by atomic mass is 16.5. The van der Waals surface area contributed by atoms with Crippen molar-refractivity contribution in [3.05, 3.63) is 0 Å². The molecule has 110 valence electrons. The molecule has 0 aromatic heterocycles. The number of nitrogens with zero attached hydrogens (tertiary/aromatic N) is 2. The van der Waals surface area contributed by atoms with Gasteiger partial charge in [0.05, 0.1) is 6.61 Å². The molecule has 2 aliphatic heterocycles. The fourth-order valence-corrected chi connectivity index (χ4v) is 3.59. The topological polar surface area (TPSA) is 27.7 Å². The third kappa shape index (κ3) is 3.69. The number of piperazine rings is 1. The van der Waals surface area contributed by atoms with Crippen LogP contribution in [0.1, 0.15) is 32.1 Å². The zero-order valence-corrected chi connectivity index (χ0v) is 12.3. The zero-order valence-electron chi connectivity index (χ0n) is 12.3. The van der Waals surface area contributed by atoms with Gasteiger partial charge in [0.1, 0.15) is 0 Å². The highest BCUT2D eigenvalue weighted by Crippen LogP contribution is 2.23. The molecule has 3 rings (SSSR count). The van der Waals surface area contributed by atoms with Gasteiger partial charge in [0.2, 0.25) is 0 Å². The smallest absolute Gasteiger partial charge is 0.0630 e. The van der Waals surface area contributed by atoms with Crippen LogP contribution in [0.15, 0.2) is 0 Å². The lowest BCUT2D eigenvalue weighted by Gasteiger charge is -2.46. The number of rotatable bonds is 6. The Balaban J connectivity index is 1.52. The Morgan fingerprint density at radius 1 is 1.16 bits per heavy atom. The summed E-state index contributed by atoms with van der Waals surface area (Å²) >= 11 is 0. The summed E-state index contributed by atoms with van der Waals surface area (Å²) in [6.45, 7) is 7.02. The van der Waals surface area contributed by atoms with Crippen LogP contribution >= 0.6 is 0 Å². The van der Waals surface area contributed by atoms with Crippen molar-refractivity contribution in [3.63, 3.8) is 0 Å². The van der Waals surface area contributed by atoms with Crippen LogP contribution in [-0.2, 0) is 4.74 Å². The van der Waals surface area contributed by atoms with Crippen LogP contribution in [0, 0.1) is 0 Å². The first kappa shape index (κ1) is 13.8. The van der Waals surface area contributed by atoms with E-state index in [2.05, 4.69) is 15.1 Å². The fourth-order valence-electron chi connectivity index (χ4n) is 3.59. The van der Waals surface area contributed by atoms with Crippen molar-refractivity contribution < 1.29 is 4.74 Å². The van der Waals surface area contributed by atoms with Gasteiger partial charge in [-0.15, -0.1) is 0 Å². The Labute approximate surface area is 117 Å². The summed E-state index contributed by atoms with van der Waals surface area (Å²) in [7, 11) is 1.83. The number of hydrogen-bond donors (Lipinski definition) is 1. The molecule has 2 atom stereocenters. The number of ether oxygens (including phenoxy) is 1. The van der Waals surface area contributed by atoms with Gasteiger partial charge >= 0.3 is 0 Å². The van der Waals surface area contributed by atoms with Crippen LogP contribution in [0.4, 0.5) is 0 Å². The summed E-state index contributed by atoms with van der Waals surface area (Å²) in [6.07, 6.45) is 6.96. The lowest BCUT2D eigenvalue weighted by atomic mass is 9.98. The summed E-state index contributed by atoms with van der Waals surface area (Å²) in [5, 5.41) is 3.68. The van der Waals surface area contributed by atoms with Crippen molar-refractivity contribution in [2.75, 3.05) is 46.4 Å². The highest BCUT2D eigenvalue weighted by Gasteiger charge is 2.32. The van der Waals surface area contributed by atoms with Crippen LogP contribution in [0.25, 0.3) is 0 Å². The van der Waals surface area contributed by atoms with E-state index < -0.39 is 0 Å². The van der Waals surface area contributed by atoms with Crippen molar-refractivity contribution in [3.8, 4) is 0 Å². The predicted molar refractivity (Wildman–Crippen MR) is 77.5 cm³/mol. The molecule has 4 heteroatoms. The molecule has 0 radical (unpaired) electrons. The number of hydrogen-bond acceptors (Lipinski definition) is 4. The Morgan fingerprint density at radius 2 is 2.05 bits per heavy atom. The fraction of sp³-hybridized carbons (Fsp3) is 1.00. The van der Waals surface area contributed by atoms with E-state index in [-0.39, 0.29) is 0 Å². The minimum Gasteiger partial charge on any atom is -0.383 e. The van der Waals surface area contributed by atoms with Crippen molar-refractivity contribution in [2.24, 2.45) is 0 Å². The molecule has 0 aromatic carbocycles. The van der Waals surface area contributed by atoms with Gasteiger partial charge in [-0.25, -0.2) is 0 Å². The van der Waals surface area contributed by atoms with E-state index in [4.69, 9.17) is 4.74 Å². The van der Waals surface area contributed by atoms with Gasteiger partial charge in [0.25, 0.3) is 0 Å². The molecule has 4 nitrogen and oxygen atoms in total. The maximum atomic E-state index is 5.45. The second-order valence-electron chi connectivity index (χ2n) is 6.47. The van der Waals surface area contributed by atoms with Crippen molar-refractivity contribution in [2.45, 2.75) is 50.2 Å². The quantitative estimate of drug-likeness (QED) is 0.775. The van der Waals surface area contributed by atoms with Gasteiger partial charge in [-0.05, 0) is 32.2 Å². The predicted octanol–water partition coefficient (Wildman–Crippen LogP) is 0.924. The average molecular weight is 267 g/mol. The van der Waals surface area contributed by atoms with E-state index in [9.17, 15) is 0 Å². The monoisotopic (exact) mass is 267 g/mol. The third-order valence-electron chi connectivity index (χ3n) is 4.96. The zero-order chi connectivity index (χ0) is 13.1. The number of methoxy groups -OCH3 is 1. The summed E-state index contributed by atoms with van der Waals surface area (Å²) < 4.78 is 5.45. The van der Waals surface area contributed by atoms with Crippen molar-refractivity contribution in [1.29, 1.82) is 0 Å². The Kier molecular flexibility index (Phi) is 4.74. The van der Waals surface area contributed by atoms with Crippen molar-refractivity contribution in [1.82, 2.24) is 15.1 Å². The highest BCUT2D eigenvalue weighted by molar-refractivity contribution is 4.90. The van der Waals surface area contributed by atoms with E-state index in [1.165, 1.54) is 58.3 Å². The lowest BCUT2D eigenvalue weighted by Crippen LogP contribution is -2.59. The Morgan fingerprint density at radius 3 is 2.84 bits per heavy atom. The van der Waals surface area contributed by atoms with E-state index in [1.54, 1.807) is 0 Å². The molecule has 1 aliphatic carbocycles. The first-order chi connectivity index (χ1) is 9.36. The molecule has 3 aliphatic rings. The van der Waals surface area contributed by atoms with Gasteiger partial charge in [0.15, 0.2) is 0 Å². The van der Waals surface area contributed by atoms with Gasteiger partial charge in [0, 0.05) is 51.4 Å². The number of nitrogens with one attached hydrogen (secondary N) is 1. The molecule has 19 heavy (non-hydrogen) atoms. The van der Waals surface area contributed by atoms with Crippen molar-refractivity contribution >= 4 is 0 Å². The van der Waals surface area contributed by atoms with Crippen LogP contribution < -0.4 is 5.32 Å². The number of fused-ring (bicyclic) bond motifs is 1. The minimum atomic E-state index is 0.565. The van der Waals surface area contributed by atoms with E-state index in [0.717, 1.165) is 25.2 Å². The molecule has 0 bridgehead atoms. The standard InChI is InChI=1S/C15H29N3O/c1-19-12-15(10-16-13-5-6-13)18-9-8-17-7-3-2-4-14(17)11-18/h13-16H,2-12H2,1H3. The molecule has 2 heterocycles. The van der Waals surface area contributed by atoms with Crippen LogP contribution in [0.5, 0.6) is 0 Å². The first-order valence-electron chi connectivity index (χ1n) is 8.07. The molecule has 1 N–H and O–H groups in total. The van der Waals surface area contributed by atoms with Gasteiger partial charge < -0.3 is 10.1 Å². The molecule has 1 saturated carbocycles. The molecule has 0 aromatic rings. The molecule has 3 fully saturated rings. The molecule has 2 unspecified atom stereocenters. The molecule has 2 saturated heterocycles. The molecule has 0 spiro atoms. The van der Waals surface area contributed by atoms with E-state index in [0.29, 0.717) is 6.04 Å². The average Bonchev–Trinajstić information content (AvgIpc) is 3.27. The summed E-state index contributed by atoms with van der Waals surface area (Å²) in [4.78, 5) is 5.38. The Bertz CT molecular complexity index is 283. The number of piperidine rings is 1. The maximum absolute atomic E-state index is 5.45. The summed E-state index contributed by atoms with van der Waals surface area (Å²) in [6, 6.07) is 2.17. The molecular formula is C15H29N3O. The van der Waals surface area contributed by atoms with Gasteiger partial charge in [-0.3, -0.25) is 9.80 Å². The van der Waals surface area contributed by atoms with Crippen LogP contribution in [-0.4, -0.2) is 74.4 Å². The second kappa shape index (κ2) is 6.53.